The van der Waals surface area contributed by atoms with Crippen molar-refractivity contribution >= 4 is 23.7 Å². The summed E-state index contributed by atoms with van der Waals surface area (Å²) in [5.74, 6) is 1.58. The van der Waals surface area contributed by atoms with Crippen molar-refractivity contribution in [2.75, 3.05) is 19.4 Å². The summed E-state index contributed by atoms with van der Waals surface area (Å²) in [6.07, 6.45) is 3.35. The highest BCUT2D eigenvalue weighted by molar-refractivity contribution is 7.99. The molecule has 0 aliphatic carbocycles. The lowest BCUT2D eigenvalue weighted by Crippen LogP contribution is -2.23. The Labute approximate surface area is 141 Å². The van der Waals surface area contributed by atoms with Gasteiger partial charge >= 0.3 is 0 Å². The van der Waals surface area contributed by atoms with E-state index in [0.717, 1.165) is 17.1 Å². The first-order valence-electron chi connectivity index (χ1n) is 7.47. The molecule has 0 fully saturated rings. The summed E-state index contributed by atoms with van der Waals surface area (Å²) in [5.41, 5.74) is 2.22. The average Bonchev–Trinajstić information content (AvgIpc) is 2.59. The van der Waals surface area contributed by atoms with E-state index in [0.29, 0.717) is 6.54 Å². The van der Waals surface area contributed by atoms with E-state index in [1.807, 2.05) is 24.3 Å². The minimum atomic E-state index is -0.0784. The van der Waals surface area contributed by atoms with Crippen LogP contribution < -0.4 is 10.1 Å². The lowest BCUT2D eigenvalue weighted by molar-refractivity contribution is -0.116. The van der Waals surface area contributed by atoms with Gasteiger partial charge in [0.15, 0.2) is 0 Å². The molecule has 3 nitrogen and oxygen atoms in total. The Hall–Kier alpha value is -2.20. The molecule has 4 heteroatoms. The number of thioether (sulfide) groups is 1. The zero-order chi connectivity index (χ0) is 16.5. The van der Waals surface area contributed by atoms with E-state index in [4.69, 9.17) is 4.74 Å². The number of hydrogen-bond acceptors (Lipinski definition) is 3. The van der Waals surface area contributed by atoms with E-state index >= 15 is 0 Å². The molecule has 0 spiro atoms. The number of carbonyl (C=O) groups is 1. The van der Waals surface area contributed by atoms with Crippen LogP contribution in [0.1, 0.15) is 11.1 Å². The molecule has 2 rings (SSSR count). The first-order chi connectivity index (χ1) is 11.2. The first kappa shape index (κ1) is 17.2. The van der Waals surface area contributed by atoms with E-state index in [1.54, 1.807) is 31.0 Å². The molecule has 0 bridgehead atoms. The van der Waals surface area contributed by atoms with Gasteiger partial charge in [0.2, 0.25) is 5.91 Å². The first-order valence-corrected chi connectivity index (χ1v) is 8.45. The molecular weight excluding hydrogens is 306 g/mol. The van der Waals surface area contributed by atoms with Crippen LogP contribution >= 0.6 is 11.8 Å². The Balaban J connectivity index is 1.69. The van der Waals surface area contributed by atoms with Crippen molar-refractivity contribution in [2.45, 2.75) is 11.8 Å². The second-order valence-electron chi connectivity index (χ2n) is 5.06. The molecule has 1 N–H and O–H groups in total. The van der Waals surface area contributed by atoms with Gasteiger partial charge in [-0.2, -0.15) is 0 Å². The Morgan fingerprint density at radius 2 is 1.83 bits per heavy atom. The predicted molar refractivity (Wildman–Crippen MR) is 96.9 cm³/mol. The van der Waals surface area contributed by atoms with Crippen molar-refractivity contribution < 1.29 is 9.53 Å². The molecule has 0 heterocycles. The average molecular weight is 327 g/mol. The van der Waals surface area contributed by atoms with Crippen molar-refractivity contribution in [2.24, 2.45) is 0 Å². The monoisotopic (exact) mass is 327 g/mol. The number of nitrogens with one attached hydrogen (secondary N) is 1. The topological polar surface area (TPSA) is 38.3 Å². The van der Waals surface area contributed by atoms with Gasteiger partial charge < -0.3 is 10.1 Å². The zero-order valence-electron chi connectivity index (χ0n) is 13.4. The molecule has 0 radical (unpaired) electrons. The molecule has 120 valence electrons. The summed E-state index contributed by atoms with van der Waals surface area (Å²) in [7, 11) is 1.63. The Kier molecular flexibility index (Phi) is 6.76. The van der Waals surface area contributed by atoms with Gasteiger partial charge in [0.05, 0.1) is 7.11 Å². The summed E-state index contributed by atoms with van der Waals surface area (Å²) in [6, 6.07) is 16.0. The molecule has 2 aromatic carbocycles. The summed E-state index contributed by atoms with van der Waals surface area (Å²) in [4.78, 5) is 13.0. The third-order valence-corrected chi connectivity index (χ3v) is 4.25. The van der Waals surface area contributed by atoms with Crippen LogP contribution in [-0.2, 0) is 4.79 Å². The van der Waals surface area contributed by atoms with Crippen molar-refractivity contribution in [3.05, 3.63) is 65.7 Å². The van der Waals surface area contributed by atoms with Gasteiger partial charge in [-0.1, -0.05) is 29.8 Å². The molecule has 23 heavy (non-hydrogen) atoms. The van der Waals surface area contributed by atoms with Gasteiger partial charge in [-0.15, -0.1) is 11.8 Å². The minimum absolute atomic E-state index is 0.0784. The minimum Gasteiger partial charge on any atom is -0.497 e. The maximum Gasteiger partial charge on any atom is 0.244 e. The highest BCUT2D eigenvalue weighted by Crippen LogP contribution is 2.17. The fourth-order valence-electron chi connectivity index (χ4n) is 1.92. The molecule has 0 unspecified atom stereocenters. The summed E-state index contributed by atoms with van der Waals surface area (Å²) in [5, 5.41) is 2.89. The van der Waals surface area contributed by atoms with Crippen LogP contribution in [-0.4, -0.2) is 25.3 Å². The molecule has 0 saturated carbocycles. The highest BCUT2D eigenvalue weighted by atomic mass is 32.2. The molecule has 0 aromatic heterocycles. The second-order valence-corrected chi connectivity index (χ2v) is 6.23. The SMILES string of the molecule is COc1ccc(C=CC(=O)NCCSc2ccc(C)cc2)cc1. The number of carbonyl (C=O) groups excluding carboxylic acids is 1. The van der Waals surface area contributed by atoms with E-state index in [1.165, 1.54) is 10.5 Å². The maximum atomic E-state index is 11.8. The Bertz CT molecular complexity index is 648. The molecule has 0 atom stereocenters. The van der Waals surface area contributed by atoms with Gasteiger partial charge in [0.1, 0.15) is 5.75 Å². The van der Waals surface area contributed by atoms with Gasteiger partial charge in [0, 0.05) is 23.3 Å². The largest absolute Gasteiger partial charge is 0.497 e. The fraction of sp³-hybridized carbons (Fsp3) is 0.211. The van der Waals surface area contributed by atoms with Gasteiger partial charge in [-0.05, 0) is 42.8 Å². The molecule has 1 amide bonds. The lowest BCUT2D eigenvalue weighted by Gasteiger charge is -2.03. The molecule has 2 aromatic rings. The number of ether oxygens (including phenoxy) is 1. The fourth-order valence-corrected chi connectivity index (χ4v) is 2.69. The number of hydrogen-bond donors (Lipinski definition) is 1. The molecule has 0 aliphatic rings. The molecular formula is C19H21NO2S. The smallest absolute Gasteiger partial charge is 0.244 e. The molecule has 0 saturated heterocycles. The van der Waals surface area contributed by atoms with E-state index < -0.39 is 0 Å². The zero-order valence-corrected chi connectivity index (χ0v) is 14.2. The van der Waals surface area contributed by atoms with Crippen molar-refractivity contribution in [1.29, 1.82) is 0 Å². The van der Waals surface area contributed by atoms with Crippen molar-refractivity contribution in [3.63, 3.8) is 0 Å². The summed E-state index contributed by atoms with van der Waals surface area (Å²) >= 11 is 1.74. The summed E-state index contributed by atoms with van der Waals surface area (Å²) in [6.45, 7) is 2.72. The second kappa shape index (κ2) is 9.06. The number of rotatable bonds is 7. The van der Waals surface area contributed by atoms with Crippen LogP contribution in [0.3, 0.4) is 0 Å². The highest BCUT2D eigenvalue weighted by Gasteiger charge is 1.97. The standard InChI is InChI=1S/C19H21NO2S/c1-15-3-10-18(11-4-15)23-14-13-20-19(21)12-7-16-5-8-17(22-2)9-6-16/h3-12H,13-14H2,1-2H3,(H,20,21). The number of benzene rings is 2. The Morgan fingerprint density at radius 3 is 2.48 bits per heavy atom. The van der Waals surface area contributed by atoms with E-state index in [-0.39, 0.29) is 5.91 Å². The van der Waals surface area contributed by atoms with Crippen LogP contribution in [0.15, 0.2) is 59.5 Å². The normalized spacial score (nSPS) is 10.7. The predicted octanol–water partition coefficient (Wildman–Crippen LogP) is 3.93. The van der Waals surface area contributed by atoms with Gasteiger partial charge in [0.25, 0.3) is 0 Å². The number of aryl methyl sites for hydroxylation is 1. The van der Waals surface area contributed by atoms with Gasteiger partial charge in [-0.25, -0.2) is 0 Å². The van der Waals surface area contributed by atoms with Crippen LogP contribution in [0.25, 0.3) is 6.08 Å². The van der Waals surface area contributed by atoms with Crippen LogP contribution in [0.2, 0.25) is 0 Å². The Morgan fingerprint density at radius 1 is 1.13 bits per heavy atom. The van der Waals surface area contributed by atoms with Gasteiger partial charge in [-0.3, -0.25) is 4.79 Å². The maximum absolute atomic E-state index is 11.8. The van der Waals surface area contributed by atoms with Crippen LogP contribution in [0, 0.1) is 6.92 Å². The van der Waals surface area contributed by atoms with E-state index in [2.05, 4.69) is 36.5 Å². The summed E-state index contributed by atoms with van der Waals surface area (Å²) < 4.78 is 5.10. The van der Waals surface area contributed by atoms with E-state index in [9.17, 15) is 4.79 Å². The lowest BCUT2D eigenvalue weighted by atomic mass is 10.2. The van der Waals surface area contributed by atoms with Crippen LogP contribution in [0.5, 0.6) is 5.75 Å². The van der Waals surface area contributed by atoms with Crippen LogP contribution in [0.4, 0.5) is 0 Å². The third kappa shape index (κ3) is 6.20. The number of amides is 1. The van der Waals surface area contributed by atoms with Crippen molar-refractivity contribution in [1.82, 2.24) is 5.32 Å². The molecule has 0 aliphatic heterocycles. The quantitative estimate of drug-likeness (QED) is 0.476. The number of methoxy groups -OCH3 is 1. The third-order valence-electron chi connectivity index (χ3n) is 3.23. The van der Waals surface area contributed by atoms with Crippen molar-refractivity contribution in [3.8, 4) is 5.75 Å².